The minimum atomic E-state index is -0.390. The number of benzene rings is 2. The minimum Gasteiger partial charge on any atom is -0.468 e. The summed E-state index contributed by atoms with van der Waals surface area (Å²) in [4.78, 5) is 15.8. The number of ether oxygens (including phenoxy) is 1. The van der Waals surface area contributed by atoms with E-state index >= 15 is 0 Å². The highest BCUT2D eigenvalue weighted by atomic mass is 35.5. The fraction of sp³-hybridized carbons (Fsp3) is 0.105. The number of fused-ring (bicyclic) bond motifs is 1. The second-order valence-corrected chi connectivity index (χ2v) is 5.71. The van der Waals surface area contributed by atoms with Gasteiger partial charge in [-0.15, -0.1) is 0 Å². The first-order valence-corrected chi connectivity index (χ1v) is 7.90. The molecule has 0 aliphatic rings. The van der Waals surface area contributed by atoms with Crippen LogP contribution in [0.3, 0.4) is 0 Å². The number of methoxy groups -OCH3 is 1. The van der Waals surface area contributed by atoms with Crippen LogP contribution in [0.5, 0.6) is 0 Å². The number of anilines is 1. The fourth-order valence-electron chi connectivity index (χ4n) is 2.57. The third kappa shape index (κ3) is 3.39. The number of hydrogen-bond donors (Lipinski definition) is 1. The number of hydrogen-bond acceptors (Lipinski definition) is 5. The molecule has 0 aliphatic carbocycles. The lowest BCUT2D eigenvalue weighted by atomic mass is 9.99. The summed E-state index contributed by atoms with van der Waals surface area (Å²) in [6.45, 7) is 0.00401. The van der Waals surface area contributed by atoms with Crippen LogP contribution in [0.4, 0.5) is 5.82 Å². The molecule has 0 amide bonds. The molecule has 5 nitrogen and oxygen atoms in total. The summed E-state index contributed by atoms with van der Waals surface area (Å²) in [7, 11) is 1.33. The molecule has 0 atom stereocenters. The van der Waals surface area contributed by atoms with Crippen molar-refractivity contribution in [3.8, 4) is 17.2 Å². The Morgan fingerprint density at radius 3 is 2.76 bits per heavy atom. The molecule has 0 aliphatic heterocycles. The summed E-state index contributed by atoms with van der Waals surface area (Å²) in [6.07, 6.45) is 1.68. The average Bonchev–Trinajstić information content (AvgIpc) is 2.65. The summed E-state index contributed by atoms with van der Waals surface area (Å²) in [6, 6.07) is 14.9. The molecule has 3 aromatic rings. The third-order valence-electron chi connectivity index (χ3n) is 3.81. The number of carbonyl (C=O) groups excluding carboxylic acids is 1. The van der Waals surface area contributed by atoms with Crippen LogP contribution in [0.15, 0.2) is 48.7 Å². The number of carbonyl (C=O) groups is 1. The van der Waals surface area contributed by atoms with E-state index in [0.717, 1.165) is 21.9 Å². The zero-order valence-electron chi connectivity index (χ0n) is 13.4. The number of nitrogens with one attached hydrogen (secondary N) is 1. The van der Waals surface area contributed by atoms with E-state index in [1.807, 2.05) is 18.2 Å². The molecular formula is C19H14ClN3O2. The van der Waals surface area contributed by atoms with Gasteiger partial charge >= 0.3 is 5.97 Å². The molecule has 1 N–H and O–H groups in total. The van der Waals surface area contributed by atoms with Crippen molar-refractivity contribution >= 4 is 34.2 Å². The van der Waals surface area contributed by atoms with Crippen molar-refractivity contribution in [2.75, 3.05) is 19.0 Å². The Morgan fingerprint density at radius 2 is 2.04 bits per heavy atom. The van der Waals surface area contributed by atoms with Gasteiger partial charge in [-0.05, 0) is 29.7 Å². The molecule has 0 radical (unpaired) electrons. The zero-order chi connectivity index (χ0) is 17.8. The lowest BCUT2D eigenvalue weighted by Gasteiger charge is -2.13. The number of aromatic nitrogens is 1. The zero-order valence-corrected chi connectivity index (χ0v) is 14.2. The van der Waals surface area contributed by atoms with Crippen molar-refractivity contribution in [3.63, 3.8) is 0 Å². The first-order chi connectivity index (χ1) is 12.1. The number of nitriles is 1. The van der Waals surface area contributed by atoms with Crippen LogP contribution in [0.1, 0.15) is 5.56 Å². The lowest BCUT2D eigenvalue weighted by molar-refractivity contribution is -0.138. The van der Waals surface area contributed by atoms with Crippen LogP contribution in [-0.2, 0) is 9.53 Å². The second-order valence-electron chi connectivity index (χ2n) is 5.30. The quantitative estimate of drug-likeness (QED) is 0.719. The van der Waals surface area contributed by atoms with Crippen LogP contribution in [0.2, 0.25) is 5.02 Å². The van der Waals surface area contributed by atoms with Crippen LogP contribution >= 0.6 is 11.6 Å². The molecule has 0 saturated heterocycles. The van der Waals surface area contributed by atoms with Gasteiger partial charge in [0.2, 0.25) is 0 Å². The van der Waals surface area contributed by atoms with Gasteiger partial charge in [-0.1, -0.05) is 29.8 Å². The number of nitrogens with zero attached hydrogens (tertiary/aromatic N) is 2. The molecule has 3 rings (SSSR count). The average molecular weight is 352 g/mol. The Morgan fingerprint density at radius 1 is 1.24 bits per heavy atom. The predicted molar refractivity (Wildman–Crippen MR) is 97.4 cm³/mol. The monoisotopic (exact) mass is 351 g/mol. The van der Waals surface area contributed by atoms with E-state index in [1.54, 1.807) is 30.5 Å². The van der Waals surface area contributed by atoms with Gasteiger partial charge in [0.25, 0.3) is 0 Å². The Labute approximate surface area is 149 Å². The summed E-state index contributed by atoms with van der Waals surface area (Å²) in [5.41, 5.74) is 2.18. The van der Waals surface area contributed by atoms with Crippen molar-refractivity contribution in [2.24, 2.45) is 0 Å². The molecule has 6 heteroatoms. The van der Waals surface area contributed by atoms with Gasteiger partial charge in [0.15, 0.2) is 0 Å². The maximum Gasteiger partial charge on any atom is 0.325 e. The van der Waals surface area contributed by atoms with Crippen molar-refractivity contribution < 1.29 is 9.53 Å². The highest BCUT2D eigenvalue weighted by molar-refractivity contribution is 6.33. The van der Waals surface area contributed by atoms with Crippen molar-refractivity contribution in [1.82, 2.24) is 4.98 Å². The van der Waals surface area contributed by atoms with Crippen LogP contribution in [0, 0.1) is 11.3 Å². The summed E-state index contributed by atoms with van der Waals surface area (Å²) >= 11 is 6.32. The SMILES string of the molecule is COC(=O)CNc1ncc(-c2ccccc2Cl)c2cc(C#N)ccc12. The molecule has 1 heterocycles. The molecule has 0 spiro atoms. The fourth-order valence-corrected chi connectivity index (χ4v) is 2.81. The van der Waals surface area contributed by atoms with Crippen molar-refractivity contribution in [1.29, 1.82) is 5.26 Å². The number of rotatable bonds is 4. The first-order valence-electron chi connectivity index (χ1n) is 7.52. The molecule has 0 saturated carbocycles. The Balaban J connectivity index is 2.18. The molecule has 0 fully saturated rings. The number of pyridine rings is 1. The topological polar surface area (TPSA) is 75.0 Å². The van der Waals surface area contributed by atoms with E-state index in [4.69, 9.17) is 11.6 Å². The van der Waals surface area contributed by atoms with E-state index in [9.17, 15) is 10.1 Å². The Kier molecular flexibility index (Phi) is 4.82. The maximum absolute atomic E-state index is 11.4. The Bertz CT molecular complexity index is 996. The van der Waals surface area contributed by atoms with E-state index in [2.05, 4.69) is 21.1 Å². The molecule has 0 unspecified atom stereocenters. The van der Waals surface area contributed by atoms with E-state index < -0.39 is 5.97 Å². The van der Waals surface area contributed by atoms with Gasteiger partial charge in [0.1, 0.15) is 12.4 Å². The van der Waals surface area contributed by atoms with Gasteiger partial charge in [-0.25, -0.2) is 4.98 Å². The summed E-state index contributed by atoms with van der Waals surface area (Å²) in [5.74, 6) is 0.152. The normalized spacial score (nSPS) is 10.3. The molecule has 2 aromatic carbocycles. The highest BCUT2D eigenvalue weighted by Gasteiger charge is 2.13. The van der Waals surface area contributed by atoms with E-state index in [1.165, 1.54) is 7.11 Å². The van der Waals surface area contributed by atoms with Crippen LogP contribution in [-0.4, -0.2) is 24.6 Å². The molecule has 0 bridgehead atoms. The van der Waals surface area contributed by atoms with Crippen LogP contribution < -0.4 is 5.32 Å². The molecular weight excluding hydrogens is 338 g/mol. The van der Waals surface area contributed by atoms with Gasteiger partial charge in [0.05, 0.1) is 18.7 Å². The smallest absolute Gasteiger partial charge is 0.325 e. The summed E-state index contributed by atoms with van der Waals surface area (Å²) in [5, 5.41) is 14.4. The largest absolute Gasteiger partial charge is 0.468 e. The van der Waals surface area contributed by atoms with Crippen molar-refractivity contribution in [3.05, 3.63) is 59.2 Å². The second kappa shape index (κ2) is 7.20. The number of halogens is 1. The van der Waals surface area contributed by atoms with Crippen molar-refractivity contribution in [2.45, 2.75) is 0 Å². The maximum atomic E-state index is 11.4. The third-order valence-corrected chi connectivity index (χ3v) is 4.14. The van der Waals surface area contributed by atoms with E-state index in [0.29, 0.717) is 16.4 Å². The minimum absolute atomic E-state index is 0.00401. The predicted octanol–water partition coefficient (Wildman–Crippen LogP) is 4.01. The number of esters is 1. The van der Waals surface area contributed by atoms with Gasteiger partial charge in [-0.3, -0.25) is 4.79 Å². The Hall–Kier alpha value is -3.10. The van der Waals surface area contributed by atoms with Gasteiger partial charge in [0, 0.05) is 27.7 Å². The lowest BCUT2D eigenvalue weighted by Crippen LogP contribution is -2.15. The highest BCUT2D eigenvalue weighted by Crippen LogP contribution is 2.35. The first kappa shape index (κ1) is 16.7. The van der Waals surface area contributed by atoms with Crippen LogP contribution in [0.25, 0.3) is 21.9 Å². The molecule has 124 valence electrons. The standard InChI is InChI=1S/C19H14ClN3O2/c1-25-18(24)11-23-19-14-7-6-12(9-21)8-15(14)16(10-22-19)13-4-2-3-5-17(13)20/h2-8,10H,11H2,1H3,(H,22,23). The molecule has 25 heavy (non-hydrogen) atoms. The van der Waals surface area contributed by atoms with E-state index in [-0.39, 0.29) is 6.54 Å². The summed E-state index contributed by atoms with van der Waals surface area (Å²) < 4.78 is 4.64. The molecule has 1 aromatic heterocycles. The van der Waals surface area contributed by atoms with Gasteiger partial charge in [-0.2, -0.15) is 5.26 Å². The van der Waals surface area contributed by atoms with Gasteiger partial charge < -0.3 is 10.1 Å².